The van der Waals surface area contributed by atoms with Crippen LogP contribution < -0.4 is 10.1 Å². The number of ketones is 2. The van der Waals surface area contributed by atoms with Gasteiger partial charge in [0.15, 0.2) is 11.6 Å². The molecule has 17 heteroatoms. The first kappa shape index (κ1) is 77.4. The number of unbranched alkanes of at least 4 members (excludes halogenated alkanes) is 10. The number of ether oxygens (including phenoxy) is 3. The van der Waals surface area contributed by atoms with Crippen molar-refractivity contribution >= 4 is 59.1 Å². The third kappa shape index (κ3) is 20.9. The number of likely N-dealkylation sites (tertiary alicyclic amines) is 1. The number of carboxylic acids is 2. The van der Waals surface area contributed by atoms with Gasteiger partial charge in [0.05, 0.1) is 53.8 Å². The molecule has 0 bridgehead atoms. The zero-order valence-electron chi connectivity index (χ0n) is 59.1. The second-order valence-electron chi connectivity index (χ2n) is 27.4. The standard InChI is InChI=1S/C84H100N2O15/c1-6-9-11-13-15-29-47-85-77(89)74(69(80(92)93)52-65(58-33-23-18-24-34-58)73-56(5)82(96)101-84(73)98)66(59-35-25-19-26-36-59)51-68-75(79(91)86(78(68)90)48-30-16-14-12-10-7-2)67(60-37-27-20-28-38-60)53-70(81(94)95)76(64(8-3)57-31-21-17-22-32-57)83(97)100-50-49-99-63-45-43-62(44-46-63)72(88)54-71(87)61-41-39-55(4)40-42-61/h17-28,31-46,56,64-70,73-76H,6-16,29-30,47-54H2,1-5H3,(H,85,89)(H,92,93)(H,94,95). The van der Waals surface area contributed by atoms with Crippen LogP contribution in [0.15, 0.2) is 170 Å². The van der Waals surface area contributed by atoms with Crippen LogP contribution in [0.5, 0.6) is 5.75 Å². The first-order chi connectivity index (χ1) is 48.9. The molecule has 2 fully saturated rings. The Morgan fingerprint density at radius 1 is 0.515 bits per heavy atom. The van der Waals surface area contributed by atoms with Gasteiger partial charge in [-0.05, 0) is 116 Å². The molecule has 12 atom stereocenters. The van der Waals surface area contributed by atoms with E-state index in [2.05, 4.69) is 19.2 Å². The molecule has 2 aliphatic heterocycles. The molecule has 3 N–H and O–H groups in total. The summed E-state index contributed by atoms with van der Waals surface area (Å²) in [7, 11) is 0. The predicted octanol–water partition coefficient (Wildman–Crippen LogP) is 15.5. The highest BCUT2D eigenvalue weighted by Gasteiger charge is 2.56. The minimum atomic E-state index is -1.58. The lowest BCUT2D eigenvalue weighted by atomic mass is 9.64. The van der Waals surface area contributed by atoms with E-state index in [1.165, 1.54) is 4.90 Å². The molecule has 0 aromatic heterocycles. The summed E-state index contributed by atoms with van der Waals surface area (Å²) in [5, 5.41) is 26.8. The number of aliphatic carboxylic acids is 2. The largest absolute Gasteiger partial charge is 0.490 e. The number of benzene rings is 6. The molecule has 2 aliphatic rings. The molecular formula is C84H100N2O15. The average Bonchev–Trinajstić information content (AvgIpc) is 1.63. The van der Waals surface area contributed by atoms with Crippen LogP contribution in [0.3, 0.4) is 0 Å². The average molecular weight is 1380 g/mol. The monoisotopic (exact) mass is 1380 g/mol. The Kier molecular flexibility index (Phi) is 29.9. The Balaban J connectivity index is 1.18. The summed E-state index contributed by atoms with van der Waals surface area (Å²) >= 11 is 0. The molecule has 101 heavy (non-hydrogen) atoms. The van der Waals surface area contributed by atoms with Crippen LogP contribution in [0, 0.1) is 54.3 Å². The fourth-order valence-corrected chi connectivity index (χ4v) is 15.2. The maximum Gasteiger partial charge on any atom is 0.318 e. The van der Waals surface area contributed by atoms with E-state index in [0.717, 1.165) is 63.4 Å². The Bertz CT molecular complexity index is 3700. The highest BCUT2D eigenvalue weighted by molar-refractivity contribution is 6.13. The molecule has 0 saturated carbocycles. The number of cyclic esters (lactones) is 2. The van der Waals surface area contributed by atoms with E-state index in [1.807, 2.05) is 44.2 Å². The summed E-state index contributed by atoms with van der Waals surface area (Å²) in [6.07, 6.45) is 9.48. The topological polar surface area (TPSA) is 254 Å². The van der Waals surface area contributed by atoms with Crippen molar-refractivity contribution in [1.29, 1.82) is 0 Å². The lowest BCUT2D eigenvalue weighted by Gasteiger charge is -2.37. The van der Waals surface area contributed by atoms with Gasteiger partial charge in [0.2, 0.25) is 17.7 Å². The number of carbonyl (C=O) groups excluding carboxylic acids is 8. The number of aryl methyl sites for hydroxylation is 1. The van der Waals surface area contributed by atoms with E-state index in [1.54, 1.807) is 146 Å². The Morgan fingerprint density at radius 2 is 0.980 bits per heavy atom. The van der Waals surface area contributed by atoms with Crippen molar-refractivity contribution in [2.24, 2.45) is 47.3 Å². The summed E-state index contributed by atoms with van der Waals surface area (Å²) in [4.78, 5) is 147. The number of imide groups is 1. The molecule has 17 nitrogen and oxygen atoms in total. The molecule has 2 saturated heterocycles. The summed E-state index contributed by atoms with van der Waals surface area (Å²) in [6, 6.07) is 48.8. The van der Waals surface area contributed by atoms with Crippen LogP contribution in [-0.2, 0) is 47.8 Å². The molecule has 6 aromatic carbocycles. The van der Waals surface area contributed by atoms with E-state index < -0.39 is 119 Å². The number of nitrogens with one attached hydrogen (secondary N) is 1. The summed E-state index contributed by atoms with van der Waals surface area (Å²) in [5.41, 5.74) is 3.96. The number of carboxylic acid groups (broad SMARTS) is 2. The van der Waals surface area contributed by atoms with Gasteiger partial charge < -0.3 is 29.7 Å². The van der Waals surface area contributed by atoms with Crippen molar-refractivity contribution in [1.82, 2.24) is 10.2 Å². The fourth-order valence-electron chi connectivity index (χ4n) is 15.2. The number of amides is 3. The van der Waals surface area contributed by atoms with E-state index in [4.69, 9.17) is 14.2 Å². The normalized spacial score (nSPS) is 18.3. The molecule has 0 spiro atoms. The number of carbonyl (C=O) groups is 10. The zero-order valence-corrected chi connectivity index (χ0v) is 59.1. The van der Waals surface area contributed by atoms with Crippen molar-refractivity contribution in [2.45, 2.75) is 167 Å². The van der Waals surface area contributed by atoms with Crippen LogP contribution in [0.2, 0.25) is 0 Å². The highest BCUT2D eigenvalue weighted by atomic mass is 16.6. The van der Waals surface area contributed by atoms with Gasteiger partial charge in [0.1, 0.15) is 19.0 Å². The molecule has 8 rings (SSSR count). The first-order valence-electron chi connectivity index (χ1n) is 36.4. The number of esters is 3. The van der Waals surface area contributed by atoms with Gasteiger partial charge in [-0.3, -0.25) is 52.8 Å². The van der Waals surface area contributed by atoms with E-state index in [9.17, 15) is 39.0 Å². The van der Waals surface area contributed by atoms with Crippen molar-refractivity contribution in [3.05, 3.63) is 209 Å². The lowest BCUT2D eigenvalue weighted by Crippen LogP contribution is -2.44. The van der Waals surface area contributed by atoms with Gasteiger partial charge in [-0.25, -0.2) is 0 Å². The van der Waals surface area contributed by atoms with Gasteiger partial charge in [0, 0.05) is 24.2 Å². The van der Waals surface area contributed by atoms with Crippen LogP contribution in [0.25, 0.3) is 0 Å². The summed E-state index contributed by atoms with van der Waals surface area (Å²) < 4.78 is 17.3. The van der Waals surface area contributed by atoms with Crippen molar-refractivity contribution in [3.63, 3.8) is 0 Å². The van der Waals surface area contributed by atoms with Crippen LogP contribution >= 0.6 is 0 Å². The lowest BCUT2D eigenvalue weighted by molar-refractivity contribution is -0.160. The second kappa shape index (κ2) is 39.0. The number of Topliss-reactive ketones (excluding diaryl/α,β-unsaturated/α-hetero) is 2. The maximum absolute atomic E-state index is 16.1. The molecule has 12 unspecified atom stereocenters. The van der Waals surface area contributed by atoms with Gasteiger partial charge in [-0.15, -0.1) is 0 Å². The smallest absolute Gasteiger partial charge is 0.318 e. The van der Waals surface area contributed by atoms with Crippen molar-refractivity contribution in [3.8, 4) is 5.75 Å². The Morgan fingerprint density at radius 3 is 1.48 bits per heavy atom. The van der Waals surface area contributed by atoms with Crippen LogP contribution in [0.1, 0.15) is 209 Å². The van der Waals surface area contributed by atoms with Gasteiger partial charge in [-0.1, -0.05) is 243 Å². The van der Waals surface area contributed by atoms with Crippen LogP contribution in [0.4, 0.5) is 0 Å². The van der Waals surface area contributed by atoms with Crippen molar-refractivity contribution < 1.29 is 72.4 Å². The van der Waals surface area contributed by atoms with Gasteiger partial charge in [-0.2, -0.15) is 0 Å². The number of nitrogens with zero attached hydrogens (tertiary/aromatic N) is 1. The molecular weight excluding hydrogens is 1280 g/mol. The zero-order chi connectivity index (χ0) is 72.4. The second-order valence-corrected chi connectivity index (χ2v) is 27.4. The molecule has 3 amide bonds. The Hall–Kier alpha value is -9.38. The number of hydrogen-bond donors (Lipinski definition) is 3. The third-order valence-electron chi connectivity index (χ3n) is 20.7. The highest BCUT2D eigenvalue weighted by Crippen LogP contribution is 2.51. The van der Waals surface area contributed by atoms with E-state index >= 15 is 19.2 Å². The van der Waals surface area contributed by atoms with Gasteiger partial charge >= 0.3 is 29.8 Å². The fraction of sp³-hybridized carbons (Fsp3) is 0.452. The maximum atomic E-state index is 16.1. The Labute approximate surface area is 594 Å². The quantitative estimate of drug-likeness (QED) is 0.0106. The third-order valence-corrected chi connectivity index (χ3v) is 20.7. The molecule has 0 radical (unpaired) electrons. The first-order valence-corrected chi connectivity index (χ1v) is 36.4. The summed E-state index contributed by atoms with van der Waals surface area (Å²) in [6.45, 7) is 9.34. The SMILES string of the molecule is CCCCCCCCNC(=O)C(C(CC(c1ccccc1)C1C(=O)OC(=O)C1C)C(=O)O)C(CC1C(=O)N(CCCCCCCC)C(=O)C1C(CC(C(=O)O)C(C(=O)OCCOc1ccc(C(=O)CC(=O)c2ccc(C)cc2)cc1)C(CC)c1ccccc1)c1ccccc1)c1ccccc1. The predicted molar refractivity (Wildman–Crippen MR) is 385 cm³/mol. The number of rotatable bonds is 43. The molecule has 0 aliphatic carbocycles. The minimum Gasteiger partial charge on any atom is -0.490 e. The molecule has 6 aromatic rings. The molecule has 2 heterocycles. The minimum absolute atomic E-state index is 0.0461. The van der Waals surface area contributed by atoms with E-state index in [0.29, 0.717) is 58.4 Å². The van der Waals surface area contributed by atoms with Crippen LogP contribution in [-0.4, -0.2) is 101 Å². The summed E-state index contributed by atoms with van der Waals surface area (Å²) in [5.74, 6) is -21.8. The number of hydrogen-bond acceptors (Lipinski definition) is 13. The molecule has 536 valence electrons. The van der Waals surface area contributed by atoms with E-state index in [-0.39, 0.29) is 70.0 Å². The van der Waals surface area contributed by atoms with Crippen molar-refractivity contribution in [2.75, 3.05) is 26.3 Å². The van der Waals surface area contributed by atoms with Gasteiger partial charge in [0.25, 0.3) is 0 Å².